The van der Waals surface area contributed by atoms with Crippen molar-refractivity contribution < 1.29 is 0 Å². The van der Waals surface area contributed by atoms with Crippen LogP contribution in [0.1, 0.15) is 31.4 Å². The molecule has 4 rings (SSSR count). The first kappa shape index (κ1) is 12.0. The van der Waals surface area contributed by atoms with Crippen LogP contribution in [-0.2, 0) is 12.0 Å². The minimum absolute atomic E-state index is 0.226. The average molecular weight is 284 g/mol. The fourth-order valence-electron chi connectivity index (χ4n) is 3.31. The van der Waals surface area contributed by atoms with Gasteiger partial charge in [0.25, 0.3) is 0 Å². The van der Waals surface area contributed by atoms with Gasteiger partial charge in [-0.15, -0.1) is 0 Å². The molecule has 0 unspecified atom stereocenters. The summed E-state index contributed by atoms with van der Waals surface area (Å²) in [6.45, 7) is 7.53. The molecule has 0 amide bonds. The zero-order chi connectivity index (χ0) is 13.7. The Morgan fingerprint density at radius 2 is 2.15 bits per heavy atom. The maximum absolute atomic E-state index is 7.53. The van der Waals surface area contributed by atoms with Crippen molar-refractivity contribution in [2.24, 2.45) is 0 Å². The lowest BCUT2D eigenvalue weighted by Gasteiger charge is -2.24. The summed E-state index contributed by atoms with van der Waals surface area (Å²) in [6, 6.07) is 7.64. The van der Waals surface area contributed by atoms with Crippen LogP contribution in [0.4, 0.5) is 5.69 Å². The molecule has 2 aromatic rings. The quantitative estimate of drug-likeness (QED) is 0.702. The zero-order valence-electron chi connectivity index (χ0n) is 11.1. The van der Waals surface area contributed by atoms with Crippen molar-refractivity contribution in [2.45, 2.75) is 37.6 Å². The fourth-order valence-corrected chi connectivity index (χ4v) is 3.50. The molecule has 1 saturated carbocycles. The van der Waals surface area contributed by atoms with E-state index in [-0.39, 0.29) is 5.54 Å². The Morgan fingerprint density at radius 1 is 1.30 bits per heavy atom. The Morgan fingerprint density at radius 3 is 2.85 bits per heavy atom. The molecule has 0 saturated heterocycles. The summed E-state index contributed by atoms with van der Waals surface area (Å²) >= 11 is 6.07. The van der Waals surface area contributed by atoms with Crippen LogP contribution in [-0.4, -0.2) is 9.78 Å². The number of hydrogen-bond donors (Lipinski definition) is 0. The SMILES string of the molecule is [C-]#[N+]c1c(-c2cccc(Cl)c2)nn2c1CCCC21CC1. The molecule has 1 aromatic carbocycles. The molecule has 0 bridgehead atoms. The molecule has 1 fully saturated rings. The van der Waals surface area contributed by atoms with Crippen LogP contribution in [0.15, 0.2) is 24.3 Å². The summed E-state index contributed by atoms with van der Waals surface area (Å²) in [5.41, 5.74) is 3.81. The Bertz CT molecular complexity index is 735. The van der Waals surface area contributed by atoms with Crippen LogP contribution >= 0.6 is 11.6 Å². The number of hydrogen-bond acceptors (Lipinski definition) is 1. The maximum Gasteiger partial charge on any atom is 0.235 e. The monoisotopic (exact) mass is 283 g/mol. The largest absolute Gasteiger partial charge is 0.274 e. The molecule has 1 spiro atoms. The molecule has 1 aliphatic carbocycles. The van der Waals surface area contributed by atoms with Crippen molar-refractivity contribution in [1.82, 2.24) is 9.78 Å². The molecule has 100 valence electrons. The van der Waals surface area contributed by atoms with Gasteiger partial charge in [0, 0.05) is 10.7 Å². The van der Waals surface area contributed by atoms with E-state index >= 15 is 0 Å². The Hall–Kier alpha value is -1.79. The van der Waals surface area contributed by atoms with Crippen molar-refractivity contribution in [3.8, 4) is 11.3 Å². The second kappa shape index (κ2) is 4.10. The number of rotatable bonds is 1. The van der Waals surface area contributed by atoms with Gasteiger partial charge in [0.2, 0.25) is 5.69 Å². The van der Waals surface area contributed by atoms with E-state index in [9.17, 15) is 0 Å². The Balaban J connectivity index is 1.93. The second-order valence-electron chi connectivity index (χ2n) is 5.76. The first-order valence-corrected chi connectivity index (χ1v) is 7.37. The van der Waals surface area contributed by atoms with Gasteiger partial charge in [-0.2, -0.15) is 5.10 Å². The van der Waals surface area contributed by atoms with E-state index in [2.05, 4.69) is 9.53 Å². The standard InChI is InChI=1S/C16H14ClN3/c1-18-15-13-6-3-7-16(8-9-16)20(13)19-14(15)11-4-2-5-12(17)10-11/h2,4-5,10H,3,6-9H2. The fraction of sp³-hybridized carbons (Fsp3) is 0.375. The third-order valence-electron chi connectivity index (χ3n) is 4.50. The minimum Gasteiger partial charge on any atom is -0.274 e. The van der Waals surface area contributed by atoms with Gasteiger partial charge in [-0.3, -0.25) is 4.68 Å². The number of halogens is 1. The number of aromatic nitrogens is 2. The first-order chi connectivity index (χ1) is 9.73. The molecule has 1 aromatic heterocycles. The predicted octanol–water partition coefficient (Wildman–Crippen LogP) is 4.58. The molecule has 20 heavy (non-hydrogen) atoms. The van der Waals surface area contributed by atoms with E-state index in [4.69, 9.17) is 23.3 Å². The lowest BCUT2D eigenvalue weighted by molar-refractivity contribution is 0.344. The van der Waals surface area contributed by atoms with Crippen molar-refractivity contribution >= 4 is 17.3 Å². The molecule has 0 radical (unpaired) electrons. The molecule has 2 heterocycles. The van der Waals surface area contributed by atoms with Gasteiger partial charge in [0.15, 0.2) is 0 Å². The van der Waals surface area contributed by atoms with Crippen molar-refractivity contribution in [1.29, 1.82) is 0 Å². The Labute approximate surface area is 123 Å². The van der Waals surface area contributed by atoms with Crippen LogP contribution in [0.5, 0.6) is 0 Å². The minimum atomic E-state index is 0.226. The molecule has 1 aliphatic heterocycles. The summed E-state index contributed by atoms with van der Waals surface area (Å²) in [6.07, 6.45) is 5.74. The Kier molecular flexibility index (Phi) is 2.46. The second-order valence-corrected chi connectivity index (χ2v) is 6.19. The van der Waals surface area contributed by atoms with E-state index < -0.39 is 0 Å². The third-order valence-corrected chi connectivity index (χ3v) is 4.73. The van der Waals surface area contributed by atoms with Crippen LogP contribution in [0.3, 0.4) is 0 Å². The lowest BCUT2D eigenvalue weighted by Crippen LogP contribution is -2.25. The molecular formula is C16H14ClN3. The average Bonchev–Trinajstić information content (AvgIpc) is 3.11. The van der Waals surface area contributed by atoms with Gasteiger partial charge >= 0.3 is 0 Å². The molecule has 3 nitrogen and oxygen atoms in total. The van der Waals surface area contributed by atoms with E-state index in [0.717, 1.165) is 29.1 Å². The van der Waals surface area contributed by atoms with Crippen LogP contribution < -0.4 is 0 Å². The highest BCUT2D eigenvalue weighted by atomic mass is 35.5. The van der Waals surface area contributed by atoms with Crippen LogP contribution in [0.2, 0.25) is 5.02 Å². The highest BCUT2D eigenvalue weighted by molar-refractivity contribution is 6.30. The van der Waals surface area contributed by atoms with Crippen molar-refractivity contribution in [3.63, 3.8) is 0 Å². The van der Waals surface area contributed by atoms with E-state index in [1.807, 2.05) is 24.3 Å². The summed E-state index contributed by atoms with van der Waals surface area (Å²) in [7, 11) is 0. The number of benzene rings is 1. The van der Waals surface area contributed by atoms with Crippen LogP contribution in [0, 0.1) is 6.57 Å². The lowest BCUT2D eigenvalue weighted by atomic mass is 10.00. The maximum atomic E-state index is 7.53. The highest BCUT2D eigenvalue weighted by Gasteiger charge is 2.48. The van der Waals surface area contributed by atoms with Crippen molar-refractivity contribution in [2.75, 3.05) is 0 Å². The van der Waals surface area contributed by atoms with E-state index in [1.54, 1.807) is 0 Å². The number of nitrogens with zero attached hydrogens (tertiary/aromatic N) is 3. The first-order valence-electron chi connectivity index (χ1n) is 6.99. The third kappa shape index (κ3) is 1.61. The molecule has 0 N–H and O–H groups in total. The summed E-state index contributed by atoms with van der Waals surface area (Å²) in [5, 5.41) is 5.48. The predicted molar refractivity (Wildman–Crippen MR) is 79.1 cm³/mol. The molecule has 4 heteroatoms. The van der Waals surface area contributed by atoms with E-state index in [0.29, 0.717) is 5.02 Å². The number of fused-ring (bicyclic) bond motifs is 2. The van der Waals surface area contributed by atoms with Crippen LogP contribution in [0.25, 0.3) is 16.1 Å². The normalized spacial score (nSPS) is 18.6. The summed E-state index contributed by atoms with van der Waals surface area (Å²) < 4.78 is 2.15. The van der Waals surface area contributed by atoms with E-state index in [1.165, 1.54) is 25.7 Å². The van der Waals surface area contributed by atoms with Gasteiger partial charge in [-0.05, 0) is 49.8 Å². The van der Waals surface area contributed by atoms with Gasteiger partial charge in [-0.25, -0.2) is 4.85 Å². The molecule has 0 atom stereocenters. The molecule has 2 aliphatic rings. The summed E-state index contributed by atoms with van der Waals surface area (Å²) in [4.78, 5) is 3.77. The molecular weight excluding hydrogens is 270 g/mol. The zero-order valence-corrected chi connectivity index (χ0v) is 11.8. The van der Waals surface area contributed by atoms with Crippen molar-refractivity contribution in [3.05, 3.63) is 46.4 Å². The summed E-state index contributed by atoms with van der Waals surface area (Å²) in [5.74, 6) is 0. The smallest absolute Gasteiger partial charge is 0.235 e. The topological polar surface area (TPSA) is 22.2 Å². The highest BCUT2D eigenvalue weighted by Crippen LogP contribution is 2.53. The van der Waals surface area contributed by atoms with Gasteiger partial charge in [-0.1, -0.05) is 23.7 Å². The van der Waals surface area contributed by atoms with Gasteiger partial charge in [0.05, 0.1) is 17.8 Å². The van der Waals surface area contributed by atoms with Gasteiger partial charge < -0.3 is 0 Å². The van der Waals surface area contributed by atoms with Gasteiger partial charge in [0.1, 0.15) is 0 Å².